The first-order valence-corrected chi connectivity index (χ1v) is 6.18. The number of aromatic nitrogens is 3. The van der Waals surface area contributed by atoms with Gasteiger partial charge in [0.2, 0.25) is 5.91 Å². The number of hydrogen-bond donors (Lipinski definition) is 2. The quantitative estimate of drug-likeness (QED) is 0.833. The van der Waals surface area contributed by atoms with Crippen molar-refractivity contribution in [2.75, 3.05) is 0 Å². The third kappa shape index (κ3) is 2.65. The van der Waals surface area contributed by atoms with Gasteiger partial charge in [-0.05, 0) is 25.2 Å². The monoisotopic (exact) mass is 236 g/mol. The van der Waals surface area contributed by atoms with E-state index in [9.17, 15) is 4.79 Å². The molecule has 2 rings (SSSR count). The van der Waals surface area contributed by atoms with Crippen molar-refractivity contribution in [2.45, 2.75) is 40.2 Å². The van der Waals surface area contributed by atoms with E-state index in [1.54, 1.807) is 0 Å². The number of hydrogen-bond acceptors (Lipinski definition) is 3. The highest BCUT2D eigenvalue weighted by Gasteiger charge is 2.40. The van der Waals surface area contributed by atoms with Gasteiger partial charge in [-0.1, -0.05) is 20.8 Å². The van der Waals surface area contributed by atoms with Crippen molar-refractivity contribution < 1.29 is 4.79 Å². The third-order valence-corrected chi connectivity index (χ3v) is 3.30. The van der Waals surface area contributed by atoms with Crippen LogP contribution in [0.3, 0.4) is 0 Å². The lowest BCUT2D eigenvalue weighted by Crippen LogP contribution is -2.33. The van der Waals surface area contributed by atoms with Crippen LogP contribution < -0.4 is 5.32 Å². The van der Waals surface area contributed by atoms with E-state index in [0.717, 1.165) is 12.2 Å². The van der Waals surface area contributed by atoms with E-state index in [1.165, 1.54) is 0 Å². The van der Waals surface area contributed by atoms with Crippen LogP contribution >= 0.6 is 0 Å². The van der Waals surface area contributed by atoms with E-state index < -0.39 is 0 Å². The summed E-state index contributed by atoms with van der Waals surface area (Å²) < 4.78 is 0. The Morgan fingerprint density at radius 1 is 1.53 bits per heavy atom. The molecule has 0 bridgehead atoms. The van der Waals surface area contributed by atoms with Crippen LogP contribution in [0.2, 0.25) is 0 Å². The summed E-state index contributed by atoms with van der Waals surface area (Å²) in [6.07, 6.45) is 1.00. The molecule has 1 amide bonds. The van der Waals surface area contributed by atoms with E-state index >= 15 is 0 Å². The lowest BCUT2D eigenvalue weighted by atomic mass is 10.0. The molecule has 1 saturated carbocycles. The average Bonchev–Trinajstić information content (AvgIpc) is 2.83. The Labute approximate surface area is 101 Å². The largest absolute Gasteiger partial charge is 0.345 e. The standard InChI is InChI=1S/C12H20N4O/c1-6(2)10(11-13-8(4)15-16-11)14-12(17)9-5-7(9)3/h6-7,9-10H,5H2,1-4H3,(H,14,17)(H,13,15,16)/t7-,9-,10-/m1/s1. The minimum absolute atomic E-state index is 0.0970. The minimum Gasteiger partial charge on any atom is -0.345 e. The number of aromatic amines is 1. The first-order valence-electron chi connectivity index (χ1n) is 6.18. The molecule has 1 fully saturated rings. The molecule has 5 heteroatoms. The van der Waals surface area contributed by atoms with Crippen LogP contribution in [0.4, 0.5) is 0 Å². The van der Waals surface area contributed by atoms with Crippen LogP contribution in [0.1, 0.15) is 44.9 Å². The molecule has 1 aromatic heterocycles. The van der Waals surface area contributed by atoms with Gasteiger partial charge < -0.3 is 5.32 Å². The molecule has 94 valence electrons. The Balaban J connectivity index is 2.05. The molecule has 5 nitrogen and oxygen atoms in total. The first-order chi connectivity index (χ1) is 7.99. The van der Waals surface area contributed by atoms with Crippen LogP contribution in [-0.2, 0) is 4.79 Å². The summed E-state index contributed by atoms with van der Waals surface area (Å²) in [5, 5.41) is 10.0. The number of carbonyl (C=O) groups excluding carboxylic acids is 1. The molecule has 1 heterocycles. The fourth-order valence-corrected chi connectivity index (χ4v) is 1.98. The molecule has 0 unspecified atom stereocenters. The number of carbonyl (C=O) groups is 1. The Kier molecular flexibility index (Phi) is 3.17. The molecule has 1 aliphatic carbocycles. The second-order valence-electron chi connectivity index (χ2n) is 5.33. The van der Waals surface area contributed by atoms with E-state index in [2.05, 4.69) is 41.3 Å². The van der Waals surface area contributed by atoms with Gasteiger partial charge >= 0.3 is 0 Å². The number of H-pyrrole nitrogens is 1. The lowest BCUT2D eigenvalue weighted by molar-refractivity contribution is -0.123. The number of amides is 1. The van der Waals surface area contributed by atoms with Crippen molar-refractivity contribution in [2.24, 2.45) is 17.8 Å². The molecular formula is C12H20N4O. The zero-order valence-corrected chi connectivity index (χ0v) is 10.8. The lowest BCUT2D eigenvalue weighted by Gasteiger charge is -2.19. The normalized spacial score (nSPS) is 24.8. The van der Waals surface area contributed by atoms with E-state index in [1.807, 2.05) is 6.92 Å². The average molecular weight is 236 g/mol. The summed E-state index contributed by atoms with van der Waals surface area (Å²) in [4.78, 5) is 16.2. The zero-order chi connectivity index (χ0) is 12.6. The van der Waals surface area contributed by atoms with Crippen LogP contribution in [0.15, 0.2) is 0 Å². The molecule has 0 aromatic carbocycles. The highest BCUT2D eigenvalue weighted by atomic mass is 16.2. The maximum absolute atomic E-state index is 11.9. The second kappa shape index (κ2) is 4.47. The predicted octanol–water partition coefficient (Wildman–Crippen LogP) is 1.58. The van der Waals surface area contributed by atoms with Crippen molar-refractivity contribution in [3.8, 4) is 0 Å². The van der Waals surface area contributed by atoms with E-state index in [4.69, 9.17) is 0 Å². The highest BCUT2D eigenvalue weighted by Crippen LogP contribution is 2.38. The van der Waals surface area contributed by atoms with Gasteiger partial charge in [-0.3, -0.25) is 9.89 Å². The van der Waals surface area contributed by atoms with Gasteiger partial charge in [-0.15, -0.1) is 0 Å². The predicted molar refractivity (Wildman–Crippen MR) is 64.1 cm³/mol. The van der Waals surface area contributed by atoms with Gasteiger partial charge in [0.05, 0.1) is 6.04 Å². The summed E-state index contributed by atoms with van der Waals surface area (Å²) in [5.41, 5.74) is 0. The molecular weight excluding hydrogens is 216 g/mol. The topological polar surface area (TPSA) is 70.7 Å². The summed E-state index contributed by atoms with van der Waals surface area (Å²) >= 11 is 0. The molecule has 2 N–H and O–H groups in total. The molecule has 0 spiro atoms. The van der Waals surface area contributed by atoms with Crippen molar-refractivity contribution >= 4 is 5.91 Å². The summed E-state index contributed by atoms with van der Waals surface area (Å²) in [6.45, 7) is 8.09. The van der Waals surface area contributed by atoms with E-state index in [-0.39, 0.29) is 23.8 Å². The molecule has 3 atom stereocenters. The Bertz CT molecular complexity index is 412. The number of nitrogens with one attached hydrogen (secondary N) is 2. The third-order valence-electron chi connectivity index (χ3n) is 3.30. The summed E-state index contributed by atoms with van der Waals surface area (Å²) in [6, 6.07) is -0.0970. The molecule has 0 radical (unpaired) electrons. The highest BCUT2D eigenvalue weighted by molar-refractivity contribution is 5.81. The summed E-state index contributed by atoms with van der Waals surface area (Å²) in [5.74, 6) is 2.59. The van der Waals surface area contributed by atoms with Crippen LogP contribution in [0, 0.1) is 24.7 Å². The number of nitrogens with zero attached hydrogens (tertiary/aromatic N) is 2. The van der Waals surface area contributed by atoms with Crippen LogP contribution in [0.5, 0.6) is 0 Å². The second-order valence-corrected chi connectivity index (χ2v) is 5.33. The van der Waals surface area contributed by atoms with Crippen molar-refractivity contribution in [1.82, 2.24) is 20.5 Å². The SMILES string of the molecule is Cc1nc([C@H](NC(=O)[C@@H]2C[C@H]2C)C(C)C)n[nH]1. The Morgan fingerprint density at radius 2 is 2.18 bits per heavy atom. The van der Waals surface area contributed by atoms with Crippen LogP contribution in [0.25, 0.3) is 0 Å². The van der Waals surface area contributed by atoms with E-state index in [0.29, 0.717) is 11.7 Å². The van der Waals surface area contributed by atoms with Gasteiger partial charge in [0.25, 0.3) is 0 Å². The first kappa shape index (κ1) is 12.1. The van der Waals surface area contributed by atoms with Crippen molar-refractivity contribution in [3.63, 3.8) is 0 Å². The Hall–Kier alpha value is -1.39. The number of aryl methyl sites for hydroxylation is 1. The molecule has 17 heavy (non-hydrogen) atoms. The van der Waals surface area contributed by atoms with Gasteiger partial charge in [-0.25, -0.2) is 4.98 Å². The fourth-order valence-electron chi connectivity index (χ4n) is 1.98. The van der Waals surface area contributed by atoms with Gasteiger partial charge in [0.15, 0.2) is 5.82 Å². The van der Waals surface area contributed by atoms with Gasteiger partial charge in [0.1, 0.15) is 5.82 Å². The molecule has 0 aliphatic heterocycles. The minimum atomic E-state index is -0.0970. The fraction of sp³-hybridized carbons (Fsp3) is 0.750. The zero-order valence-electron chi connectivity index (χ0n) is 10.8. The molecule has 0 saturated heterocycles. The van der Waals surface area contributed by atoms with Crippen molar-refractivity contribution in [1.29, 1.82) is 0 Å². The molecule has 1 aliphatic rings. The smallest absolute Gasteiger partial charge is 0.223 e. The van der Waals surface area contributed by atoms with Crippen LogP contribution in [-0.4, -0.2) is 21.1 Å². The maximum atomic E-state index is 11.9. The molecule has 1 aromatic rings. The maximum Gasteiger partial charge on any atom is 0.223 e. The Morgan fingerprint density at radius 3 is 2.59 bits per heavy atom. The summed E-state index contributed by atoms with van der Waals surface area (Å²) in [7, 11) is 0. The van der Waals surface area contributed by atoms with Gasteiger partial charge in [-0.2, -0.15) is 5.10 Å². The van der Waals surface area contributed by atoms with Crippen molar-refractivity contribution in [3.05, 3.63) is 11.6 Å². The van der Waals surface area contributed by atoms with Gasteiger partial charge in [0, 0.05) is 5.92 Å². The number of rotatable bonds is 4.